The number of pyridine rings is 2. The molecule has 0 unspecified atom stereocenters. The molecule has 0 aliphatic rings. The van der Waals surface area contributed by atoms with Gasteiger partial charge in [-0.3, -0.25) is 9.48 Å². The number of hydrogen-bond donors (Lipinski definition) is 2. The summed E-state index contributed by atoms with van der Waals surface area (Å²) in [5.41, 5.74) is 11.9. The van der Waals surface area contributed by atoms with E-state index in [-0.39, 0.29) is 11.8 Å². The van der Waals surface area contributed by atoms with E-state index >= 15 is 0 Å². The van der Waals surface area contributed by atoms with Crippen LogP contribution in [-0.4, -0.2) is 30.6 Å². The number of carbonyl (C=O) groups is 1. The first-order chi connectivity index (χ1) is 18.2. The molecule has 5 aromatic rings. The Morgan fingerprint density at radius 3 is 2.63 bits per heavy atom. The molecule has 0 saturated carbocycles. The summed E-state index contributed by atoms with van der Waals surface area (Å²) in [6.07, 6.45) is 7.38. The molecule has 4 aromatic heterocycles. The lowest BCUT2D eigenvalue weighted by Crippen LogP contribution is -2.15. The zero-order valence-corrected chi connectivity index (χ0v) is 22.2. The first kappa shape index (κ1) is 25.1. The third-order valence-electron chi connectivity index (χ3n) is 6.66. The molecule has 0 radical (unpaired) electrons. The van der Waals surface area contributed by atoms with E-state index in [1.807, 2.05) is 57.4 Å². The van der Waals surface area contributed by atoms with Gasteiger partial charge in [0.25, 0.3) is 0 Å². The van der Waals surface area contributed by atoms with E-state index in [2.05, 4.69) is 39.2 Å². The average molecular weight is 510 g/mol. The Hall–Kier alpha value is -4.53. The topological polar surface area (TPSA) is 125 Å². The van der Waals surface area contributed by atoms with Crippen LogP contribution in [0.3, 0.4) is 0 Å². The van der Waals surface area contributed by atoms with E-state index < -0.39 is 0 Å². The molecule has 1 aromatic carbocycles. The Kier molecular flexibility index (Phi) is 6.67. The second-order valence-corrected chi connectivity index (χ2v) is 10.0. The number of anilines is 2. The third kappa shape index (κ3) is 5.13. The lowest BCUT2D eigenvalue weighted by atomic mass is 10.0. The van der Waals surface area contributed by atoms with Crippen LogP contribution >= 0.6 is 0 Å². The van der Waals surface area contributed by atoms with Gasteiger partial charge in [0.2, 0.25) is 11.8 Å². The van der Waals surface area contributed by atoms with E-state index in [9.17, 15) is 4.79 Å². The minimum absolute atomic E-state index is 0.0369. The van der Waals surface area contributed by atoms with Crippen molar-refractivity contribution in [3.05, 3.63) is 72.0 Å². The molecule has 0 bridgehead atoms. The molecule has 9 nitrogen and oxygen atoms in total. The van der Waals surface area contributed by atoms with E-state index in [1.165, 1.54) is 0 Å². The number of aryl methyl sites for hydroxylation is 2. The fraction of sp³-hybridized carbons (Fsp3) is 0.276. The summed E-state index contributed by atoms with van der Waals surface area (Å²) < 4.78 is 7.42. The molecule has 9 heteroatoms. The van der Waals surface area contributed by atoms with Crippen LogP contribution in [0.4, 0.5) is 11.6 Å². The molecule has 0 aliphatic heterocycles. The number of carbonyl (C=O) groups excluding carboxylic acids is 1. The number of nitrogens with zero attached hydrogens (tertiary/aromatic N) is 5. The second kappa shape index (κ2) is 10.1. The van der Waals surface area contributed by atoms with Crippen molar-refractivity contribution in [1.29, 1.82) is 0 Å². The van der Waals surface area contributed by atoms with Gasteiger partial charge < -0.3 is 15.5 Å². The van der Waals surface area contributed by atoms with Gasteiger partial charge in [0.05, 0.1) is 17.6 Å². The molecule has 3 N–H and O–H groups in total. The molecule has 38 heavy (non-hydrogen) atoms. The smallest absolute Gasteiger partial charge is 0.226 e. The Balaban J connectivity index is 1.38. The number of nitrogen functional groups attached to an aromatic ring is 1. The van der Waals surface area contributed by atoms with Gasteiger partial charge in [-0.1, -0.05) is 26.8 Å². The highest BCUT2D eigenvalue weighted by atomic mass is 16.3. The van der Waals surface area contributed by atoms with Gasteiger partial charge in [-0.25, -0.2) is 15.0 Å². The minimum Gasteiger partial charge on any atom is -0.444 e. The Bertz CT molecular complexity index is 1630. The van der Waals surface area contributed by atoms with E-state index in [0.29, 0.717) is 29.9 Å². The van der Waals surface area contributed by atoms with Crippen molar-refractivity contribution in [2.75, 3.05) is 11.1 Å². The van der Waals surface area contributed by atoms with Crippen molar-refractivity contribution >= 4 is 28.3 Å². The number of fused-ring (bicyclic) bond motifs is 1. The summed E-state index contributed by atoms with van der Waals surface area (Å²) >= 11 is 0. The molecule has 4 heterocycles. The first-order valence-corrected chi connectivity index (χ1v) is 12.6. The van der Waals surface area contributed by atoms with Gasteiger partial charge in [-0.2, -0.15) is 5.10 Å². The van der Waals surface area contributed by atoms with E-state index in [4.69, 9.17) is 10.2 Å². The SMILES string of the molecule is Cc1cc(-c2nc(C(C)C)co2)ccc1-c1cc2cc(NC(=O)C[C@@H](C)c3cnn(C)c3)ncc2c(N)n1. The number of benzene rings is 1. The zero-order valence-electron chi connectivity index (χ0n) is 22.2. The van der Waals surface area contributed by atoms with Gasteiger partial charge in [0.1, 0.15) is 17.9 Å². The van der Waals surface area contributed by atoms with Crippen molar-refractivity contribution < 1.29 is 9.21 Å². The number of rotatable bonds is 7. The van der Waals surface area contributed by atoms with Crippen LogP contribution < -0.4 is 11.1 Å². The molecule has 0 fully saturated rings. The van der Waals surface area contributed by atoms with Crippen LogP contribution in [0.15, 0.2) is 59.6 Å². The van der Waals surface area contributed by atoms with Crippen LogP contribution in [-0.2, 0) is 11.8 Å². The van der Waals surface area contributed by atoms with Crippen molar-refractivity contribution in [2.24, 2.45) is 7.05 Å². The van der Waals surface area contributed by atoms with Crippen molar-refractivity contribution in [2.45, 2.75) is 46.0 Å². The van der Waals surface area contributed by atoms with Gasteiger partial charge in [0, 0.05) is 42.4 Å². The molecule has 1 amide bonds. The predicted octanol–water partition coefficient (Wildman–Crippen LogP) is 5.83. The lowest BCUT2D eigenvalue weighted by molar-refractivity contribution is -0.116. The van der Waals surface area contributed by atoms with Crippen LogP contribution in [0.5, 0.6) is 0 Å². The van der Waals surface area contributed by atoms with Crippen molar-refractivity contribution in [3.63, 3.8) is 0 Å². The first-order valence-electron chi connectivity index (χ1n) is 12.6. The number of aromatic nitrogens is 5. The highest BCUT2D eigenvalue weighted by Gasteiger charge is 2.16. The lowest BCUT2D eigenvalue weighted by Gasteiger charge is -2.12. The maximum absolute atomic E-state index is 12.7. The fourth-order valence-corrected chi connectivity index (χ4v) is 4.43. The molecule has 0 saturated heterocycles. The third-order valence-corrected chi connectivity index (χ3v) is 6.66. The molecular weight excluding hydrogens is 478 g/mol. The summed E-state index contributed by atoms with van der Waals surface area (Å²) in [6.45, 7) is 8.19. The van der Waals surface area contributed by atoms with Crippen LogP contribution in [0.2, 0.25) is 0 Å². The van der Waals surface area contributed by atoms with Gasteiger partial charge in [0.15, 0.2) is 0 Å². The fourth-order valence-electron chi connectivity index (χ4n) is 4.43. The second-order valence-electron chi connectivity index (χ2n) is 10.0. The van der Waals surface area contributed by atoms with Crippen molar-refractivity contribution in [3.8, 4) is 22.7 Å². The standard InChI is InChI=1S/C29H31N7O2/c1-16(2)25-15-38-29(34-25)19-6-7-22(18(4)8-19)24-10-20-11-26(31-13-23(20)28(30)33-24)35-27(37)9-17(3)21-12-32-36(5)14-21/h6-8,10-17H,9H2,1-5H3,(H2,30,33)(H,31,35,37)/t17-/m1/s1. The maximum Gasteiger partial charge on any atom is 0.226 e. The van der Waals surface area contributed by atoms with Crippen LogP contribution in [0.1, 0.15) is 55.8 Å². The highest BCUT2D eigenvalue weighted by molar-refractivity contribution is 5.97. The van der Waals surface area contributed by atoms with Crippen LogP contribution in [0.25, 0.3) is 33.5 Å². The number of nitrogens with two attached hydrogens (primary N) is 1. The Morgan fingerprint density at radius 2 is 1.95 bits per heavy atom. The van der Waals surface area contributed by atoms with Crippen molar-refractivity contribution in [1.82, 2.24) is 24.7 Å². The molecule has 194 valence electrons. The van der Waals surface area contributed by atoms with Crippen LogP contribution in [0, 0.1) is 6.92 Å². The highest BCUT2D eigenvalue weighted by Crippen LogP contribution is 2.32. The molecule has 0 aliphatic carbocycles. The van der Waals surface area contributed by atoms with E-state index in [1.54, 1.807) is 23.3 Å². The van der Waals surface area contributed by atoms with Gasteiger partial charge in [-0.05, 0) is 59.5 Å². The van der Waals surface area contributed by atoms with E-state index in [0.717, 1.165) is 44.4 Å². The number of amides is 1. The Labute approximate surface area is 221 Å². The summed E-state index contributed by atoms with van der Waals surface area (Å²) in [6, 6.07) is 9.80. The minimum atomic E-state index is -0.117. The zero-order chi connectivity index (χ0) is 27.0. The molecule has 1 atom stereocenters. The normalized spacial score (nSPS) is 12.3. The number of hydrogen-bond acceptors (Lipinski definition) is 7. The summed E-state index contributed by atoms with van der Waals surface area (Å²) in [5.74, 6) is 1.66. The van der Waals surface area contributed by atoms with Gasteiger partial charge >= 0.3 is 0 Å². The summed E-state index contributed by atoms with van der Waals surface area (Å²) in [4.78, 5) is 26.3. The molecule has 5 rings (SSSR count). The quantitative estimate of drug-likeness (QED) is 0.283. The molecule has 0 spiro atoms. The largest absolute Gasteiger partial charge is 0.444 e. The number of nitrogens with one attached hydrogen (secondary N) is 1. The predicted molar refractivity (Wildman–Crippen MR) is 149 cm³/mol. The summed E-state index contributed by atoms with van der Waals surface area (Å²) in [7, 11) is 1.86. The Morgan fingerprint density at radius 1 is 1.13 bits per heavy atom. The number of oxazole rings is 1. The molecular formula is C29H31N7O2. The van der Waals surface area contributed by atoms with Gasteiger partial charge in [-0.15, -0.1) is 0 Å². The average Bonchev–Trinajstić information content (AvgIpc) is 3.53. The summed E-state index contributed by atoms with van der Waals surface area (Å²) in [5, 5.41) is 8.67. The monoisotopic (exact) mass is 509 g/mol. The maximum atomic E-state index is 12.7.